The lowest BCUT2D eigenvalue weighted by atomic mass is 9.94. The van der Waals surface area contributed by atoms with Gasteiger partial charge in [-0.25, -0.2) is 18.4 Å². The quantitative estimate of drug-likeness (QED) is 0.717. The molecule has 6 heteroatoms. The Hall–Kier alpha value is -1.01. The van der Waals surface area contributed by atoms with E-state index in [-0.39, 0.29) is 5.16 Å². The Bertz CT molecular complexity index is 449. The highest BCUT2D eigenvalue weighted by Gasteiger charge is 2.18. The van der Waals surface area contributed by atoms with Gasteiger partial charge in [0.1, 0.15) is 0 Å². The van der Waals surface area contributed by atoms with Crippen LogP contribution in [0.4, 0.5) is 0 Å². The van der Waals surface area contributed by atoms with Crippen molar-refractivity contribution in [2.45, 2.75) is 23.9 Å². The zero-order chi connectivity index (χ0) is 11.6. The molecule has 2 rings (SSSR count). The SMILES string of the molecule is CS(=O)(=O)c1ncc(C2CCOCC2)cn1. The summed E-state index contributed by atoms with van der Waals surface area (Å²) in [6.45, 7) is 1.50. The van der Waals surface area contributed by atoms with Crippen LogP contribution in [0.1, 0.15) is 24.3 Å². The van der Waals surface area contributed by atoms with E-state index in [4.69, 9.17) is 4.74 Å². The molecule has 1 aromatic rings. The normalized spacial score (nSPS) is 18.6. The zero-order valence-electron chi connectivity index (χ0n) is 9.09. The lowest BCUT2D eigenvalue weighted by Gasteiger charge is -2.21. The Morgan fingerprint density at radius 2 is 1.81 bits per heavy atom. The van der Waals surface area contributed by atoms with Crippen molar-refractivity contribution in [3.8, 4) is 0 Å². The van der Waals surface area contributed by atoms with Crippen LogP contribution in [-0.2, 0) is 14.6 Å². The van der Waals surface area contributed by atoms with Gasteiger partial charge in [-0.1, -0.05) is 0 Å². The summed E-state index contributed by atoms with van der Waals surface area (Å²) in [5, 5.41) is -0.108. The highest BCUT2D eigenvalue weighted by Crippen LogP contribution is 2.25. The number of hydrogen-bond acceptors (Lipinski definition) is 5. The summed E-state index contributed by atoms with van der Waals surface area (Å²) >= 11 is 0. The molecule has 0 atom stereocenters. The zero-order valence-corrected chi connectivity index (χ0v) is 9.90. The Kier molecular flexibility index (Phi) is 3.20. The first-order chi connectivity index (χ1) is 7.57. The lowest BCUT2D eigenvalue weighted by Crippen LogP contribution is -2.15. The van der Waals surface area contributed by atoms with Crippen molar-refractivity contribution in [2.75, 3.05) is 19.5 Å². The molecule has 0 saturated carbocycles. The van der Waals surface area contributed by atoms with Crippen molar-refractivity contribution in [1.29, 1.82) is 0 Å². The molecular formula is C10H14N2O3S. The largest absolute Gasteiger partial charge is 0.381 e. The van der Waals surface area contributed by atoms with Gasteiger partial charge in [-0.3, -0.25) is 0 Å². The predicted octanol–water partition coefficient (Wildman–Crippen LogP) is 0.774. The molecule has 2 heterocycles. The number of hydrogen-bond donors (Lipinski definition) is 0. The molecule has 0 amide bonds. The first-order valence-electron chi connectivity index (χ1n) is 5.17. The van der Waals surface area contributed by atoms with Crippen LogP contribution in [0.3, 0.4) is 0 Å². The molecule has 16 heavy (non-hydrogen) atoms. The maximum Gasteiger partial charge on any atom is 0.246 e. The summed E-state index contributed by atoms with van der Waals surface area (Å²) in [6, 6.07) is 0. The fraction of sp³-hybridized carbons (Fsp3) is 0.600. The maximum atomic E-state index is 11.2. The van der Waals surface area contributed by atoms with Gasteiger partial charge in [0.25, 0.3) is 0 Å². The first-order valence-corrected chi connectivity index (χ1v) is 7.06. The van der Waals surface area contributed by atoms with E-state index in [2.05, 4.69) is 9.97 Å². The third-order valence-corrected chi connectivity index (χ3v) is 3.55. The average molecular weight is 242 g/mol. The van der Waals surface area contributed by atoms with Crippen molar-refractivity contribution in [3.63, 3.8) is 0 Å². The third kappa shape index (κ3) is 2.56. The monoisotopic (exact) mass is 242 g/mol. The van der Waals surface area contributed by atoms with E-state index in [1.54, 1.807) is 12.4 Å². The predicted molar refractivity (Wildman–Crippen MR) is 57.9 cm³/mol. The van der Waals surface area contributed by atoms with Crippen LogP contribution in [-0.4, -0.2) is 37.9 Å². The number of aromatic nitrogens is 2. The van der Waals surface area contributed by atoms with Crippen LogP contribution < -0.4 is 0 Å². The molecule has 1 aliphatic rings. The smallest absolute Gasteiger partial charge is 0.246 e. The fourth-order valence-corrected chi connectivity index (χ4v) is 2.25. The maximum absolute atomic E-state index is 11.2. The molecule has 0 aromatic carbocycles. The second-order valence-electron chi connectivity index (χ2n) is 3.96. The molecule has 0 spiro atoms. The fourth-order valence-electron chi connectivity index (χ4n) is 1.76. The lowest BCUT2D eigenvalue weighted by molar-refractivity contribution is 0.0851. The van der Waals surface area contributed by atoms with E-state index < -0.39 is 9.84 Å². The van der Waals surface area contributed by atoms with E-state index >= 15 is 0 Å². The van der Waals surface area contributed by atoms with Crippen LogP contribution in [0.25, 0.3) is 0 Å². The highest BCUT2D eigenvalue weighted by molar-refractivity contribution is 7.90. The van der Waals surface area contributed by atoms with E-state index in [0.29, 0.717) is 5.92 Å². The van der Waals surface area contributed by atoms with Crippen LogP contribution in [0.15, 0.2) is 17.6 Å². The van der Waals surface area contributed by atoms with Gasteiger partial charge in [-0.2, -0.15) is 0 Å². The van der Waals surface area contributed by atoms with Gasteiger partial charge in [0, 0.05) is 31.9 Å². The molecule has 0 bridgehead atoms. The average Bonchev–Trinajstić information content (AvgIpc) is 2.29. The summed E-state index contributed by atoms with van der Waals surface area (Å²) < 4.78 is 27.6. The minimum absolute atomic E-state index is 0.108. The molecule has 0 unspecified atom stereocenters. The first kappa shape index (κ1) is 11.5. The van der Waals surface area contributed by atoms with Crippen LogP contribution >= 0.6 is 0 Å². The molecule has 1 aliphatic heterocycles. The number of sulfone groups is 1. The Morgan fingerprint density at radius 1 is 1.25 bits per heavy atom. The van der Waals surface area contributed by atoms with Gasteiger partial charge in [0.15, 0.2) is 0 Å². The standard InChI is InChI=1S/C10H14N2O3S/c1-16(13,14)10-11-6-9(7-12-10)8-2-4-15-5-3-8/h6-8H,2-5H2,1H3. The number of rotatable bonds is 2. The van der Waals surface area contributed by atoms with Crippen molar-refractivity contribution in [1.82, 2.24) is 9.97 Å². The van der Waals surface area contributed by atoms with E-state index in [1.165, 1.54) is 0 Å². The molecule has 0 radical (unpaired) electrons. The molecule has 5 nitrogen and oxygen atoms in total. The Balaban J connectivity index is 2.18. The second-order valence-corrected chi connectivity index (χ2v) is 5.87. The molecular weight excluding hydrogens is 228 g/mol. The molecule has 1 saturated heterocycles. The summed E-state index contributed by atoms with van der Waals surface area (Å²) in [7, 11) is -3.30. The van der Waals surface area contributed by atoms with Crippen molar-refractivity contribution in [2.24, 2.45) is 0 Å². The number of ether oxygens (including phenoxy) is 1. The molecule has 1 fully saturated rings. The van der Waals surface area contributed by atoms with Crippen LogP contribution in [0, 0.1) is 0 Å². The molecule has 88 valence electrons. The van der Waals surface area contributed by atoms with Crippen molar-refractivity contribution < 1.29 is 13.2 Å². The highest BCUT2D eigenvalue weighted by atomic mass is 32.2. The summed E-state index contributed by atoms with van der Waals surface area (Å²) in [6.07, 6.45) is 6.22. The second kappa shape index (κ2) is 4.47. The van der Waals surface area contributed by atoms with Gasteiger partial charge in [-0.15, -0.1) is 0 Å². The molecule has 0 aliphatic carbocycles. The van der Waals surface area contributed by atoms with Gasteiger partial charge in [-0.05, 0) is 24.3 Å². The molecule has 1 aromatic heterocycles. The van der Waals surface area contributed by atoms with E-state index in [1.807, 2.05) is 0 Å². The van der Waals surface area contributed by atoms with Gasteiger partial charge < -0.3 is 4.74 Å². The number of nitrogens with zero attached hydrogens (tertiary/aromatic N) is 2. The summed E-state index contributed by atoms with van der Waals surface area (Å²) in [5.74, 6) is 0.391. The van der Waals surface area contributed by atoms with Gasteiger partial charge >= 0.3 is 0 Å². The summed E-state index contributed by atoms with van der Waals surface area (Å²) in [4.78, 5) is 7.77. The van der Waals surface area contributed by atoms with Crippen molar-refractivity contribution in [3.05, 3.63) is 18.0 Å². The van der Waals surface area contributed by atoms with Gasteiger partial charge in [0.2, 0.25) is 15.0 Å². The van der Waals surface area contributed by atoms with Crippen LogP contribution in [0.2, 0.25) is 0 Å². The minimum atomic E-state index is -3.30. The Morgan fingerprint density at radius 3 is 2.31 bits per heavy atom. The van der Waals surface area contributed by atoms with Crippen molar-refractivity contribution >= 4 is 9.84 Å². The van der Waals surface area contributed by atoms with E-state index in [9.17, 15) is 8.42 Å². The van der Waals surface area contributed by atoms with Crippen LogP contribution in [0.5, 0.6) is 0 Å². The third-order valence-electron chi connectivity index (χ3n) is 2.67. The van der Waals surface area contributed by atoms with Gasteiger partial charge in [0.05, 0.1) is 0 Å². The van der Waals surface area contributed by atoms with E-state index in [0.717, 1.165) is 37.9 Å². The topological polar surface area (TPSA) is 69.2 Å². The Labute approximate surface area is 94.8 Å². The minimum Gasteiger partial charge on any atom is -0.381 e. The summed E-state index contributed by atoms with van der Waals surface area (Å²) in [5.41, 5.74) is 0.996. The molecule has 0 N–H and O–H groups in total.